The summed E-state index contributed by atoms with van der Waals surface area (Å²) in [5.74, 6) is 1.22. The van der Waals surface area contributed by atoms with Gasteiger partial charge in [-0.25, -0.2) is 0 Å². The van der Waals surface area contributed by atoms with Crippen LogP contribution in [0.4, 0.5) is 0 Å². The number of allylic oxidation sites excluding steroid dienone is 6. The van der Waals surface area contributed by atoms with E-state index in [0.717, 1.165) is 45.3 Å². The lowest BCUT2D eigenvalue weighted by atomic mass is 10.1. The van der Waals surface area contributed by atoms with Crippen molar-refractivity contribution >= 4 is 5.84 Å². The van der Waals surface area contributed by atoms with E-state index >= 15 is 0 Å². The molecule has 1 N–H and O–H groups in total. The van der Waals surface area contributed by atoms with Crippen molar-refractivity contribution in [2.24, 2.45) is 4.99 Å². The average Bonchev–Trinajstić information content (AvgIpc) is 3.06. The largest absolute Gasteiger partial charge is 0.395 e. The first-order valence-corrected chi connectivity index (χ1v) is 10.2. The molecular formula is C22H38N2O. The highest BCUT2D eigenvalue weighted by Crippen LogP contribution is 2.12. The molecule has 0 unspecified atom stereocenters. The van der Waals surface area contributed by atoms with Crippen LogP contribution in [0.5, 0.6) is 0 Å². The average molecular weight is 347 g/mol. The minimum Gasteiger partial charge on any atom is -0.395 e. The minimum atomic E-state index is 0.234. The number of β-amino-alcohol motifs (C(OH)–C–C–N with tert-alkyl or cyclic N) is 1. The summed E-state index contributed by atoms with van der Waals surface area (Å²) in [7, 11) is 0. The maximum atomic E-state index is 9.04. The van der Waals surface area contributed by atoms with Gasteiger partial charge in [0, 0.05) is 19.5 Å². The molecule has 0 fully saturated rings. The first-order valence-electron chi connectivity index (χ1n) is 10.2. The van der Waals surface area contributed by atoms with Gasteiger partial charge in [-0.1, -0.05) is 62.6 Å². The molecular weight excluding hydrogens is 308 g/mol. The lowest BCUT2D eigenvalue weighted by Gasteiger charge is -2.18. The van der Waals surface area contributed by atoms with E-state index in [4.69, 9.17) is 5.11 Å². The van der Waals surface area contributed by atoms with E-state index in [9.17, 15) is 0 Å². The van der Waals surface area contributed by atoms with E-state index < -0.39 is 0 Å². The number of aliphatic imine (C=N–C) groups is 1. The summed E-state index contributed by atoms with van der Waals surface area (Å²) in [6.07, 6.45) is 25.6. The smallest absolute Gasteiger partial charge is 0.0991 e. The van der Waals surface area contributed by atoms with Crippen LogP contribution in [0.15, 0.2) is 41.4 Å². The van der Waals surface area contributed by atoms with Gasteiger partial charge in [-0.05, 0) is 38.5 Å². The van der Waals surface area contributed by atoms with Crippen molar-refractivity contribution in [3.8, 4) is 0 Å². The third-order valence-corrected chi connectivity index (χ3v) is 4.45. The number of amidine groups is 1. The molecule has 0 spiro atoms. The predicted octanol–water partition coefficient (Wildman–Crippen LogP) is 5.28. The van der Waals surface area contributed by atoms with Crippen LogP contribution in [0.3, 0.4) is 0 Å². The molecule has 3 heteroatoms. The van der Waals surface area contributed by atoms with Crippen molar-refractivity contribution in [1.82, 2.24) is 4.90 Å². The van der Waals surface area contributed by atoms with Gasteiger partial charge in [0.05, 0.1) is 19.0 Å². The van der Waals surface area contributed by atoms with Crippen LogP contribution in [0, 0.1) is 0 Å². The van der Waals surface area contributed by atoms with E-state index in [-0.39, 0.29) is 6.61 Å². The monoisotopic (exact) mass is 346 g/mol. The van der Waals surface area contributed by atoms with Gasteiger partial charge in [0.2, 0.25) is 0 Å². The third-order valence-electron chi connectivity index (χ3n) is 4.45. The zero-order valence-electron chi connectivity index (χ0n) is 16.2. The molecule has 142 valence electrons. The second-order valence-corrected chi connectivity index (χ2v) is 6.61. The number of rotatable bonds is 15. The Bertz CT molecular complexity index is 424. The number of unbranched alkanes of at least 4 members (excludes halogenated alkanes) is 5. The van der Waals surface area contributed by atoms with Gasteiger partial charge in [-0.2, -0.15) is 0 Å². The Morgan fingerprint density at radius 1 is 0.920 bits per heavy atom. The van der Waals surface area contributed by atoms with Crippen LogP contribution in [-0.4, -0.2) is 42.1 Å². The summed E-state index contributed by atoms with van der Waals surface area (Å²) in [4.78, 5) is 6.79. The molecule has 1 aliphatic heterocycles. The van der Waals surface area contributed by atoms with Crippen molar-refractivity contribution in [3.05, 3.63) is 36.5 Å². The molecule has 25 heavy (non-hydrogen) atoms. The Hall–Kier alpha value is -1.35. The first kappa shape index (κ1) is 21.7. The van der Waals surface area contributed by atoms with Crippen LogP contribution < -0.4 is 0 Å². The molecule has 3 nitrogen and oxygen atoms in total. The Balaban J connectivity index is 1.89. The van der Waals surface area contributed by atoms with Gasteiger partial charge in [-0.15, -0.1) is 0 Å². The van der Waals surface area contributed by atoms with E-state index in [1.54, 1.807) is 0 Å². The molecule has 0 amide bonds. The summed E-state index contributed by atoms with van der Waals surface area (Å²) in [5, 5.41) is 9.04. The molecule has 0 aliphatic carbocycles. The lowest BCUT2D eigenvalue weighted by molar-refractivity contribution is 0.255. The fourth-order valence-corrected chi connectivity index (χ4v) is 3.03. The summed E-state index contributed by atoms with van der Waals surface area (Å²) < 4.78 is 0. The second kappa shape index (κ2) is 16.1. The highest BCUT2D eigenvalue weighted by Gasteiger charge is 2.14. The van der Waals surface area contributed by atoms with Crippen molar-refractivity contribution < 1.29 is 5.11 Å². The second-order valence-electron chi connectivity index (χ2n) is 6.61. The molecule has 0 radical (unpaired) electrons. The highest BCUT2D eigenvalue weighted by atomic mass is 16.3. The van der Waals surface area contributed by atoms with Crippen molar-refractivity contribution in [1.29, 1.82) is 0 Å². The van der Waals surface area contributed by atoms with Crippen molar-refractivity contribution in [2.75, 3.05) is 26.2 Å². The SMILES string of the molecule is CC/C=C/C/C=C/C/C=C/CCCCCCCC1=NCCN1CCO. The summed E-state index contributed by atoms with van der Waals surface area (Å²) in [6, 6.07) is 0. The Kier molecular flexibility index (Phi) is 14.0. The molecule has 1 rings (SSSR count). The van der Waals surface area contributed by atoms with E-state index in [0.29, 0.717) is 0 Å². The molecule has 0 bridgehead atoms. The van der Waals surface area contributed by atoms with Gasteiger partial charge < -0.3 is 10.0 Å². The topological polar surface area (TPSA) is 35.8 Å². The van der Waals surface area contributed by atoms with Crippen LogP contribution in [0.2, 0.25) is 0 Å². The number of hydrogen-bond donors (Lipinski definition) is 1. The fraction of sp³-hybridized carbons (Fsp3) is 0.682. The first-order chi connectivity index (χ1) is 12.4. The Labute approximate surface area is 155 Å². The van der Waals surface area contributed by atoms with Gasteiger partial charge in [0.25, 0.3) is 0 Å². The number of hydrogen-bond acceptors (Lipinski definition) is 3. The van der Waals surface area contributed by atoms with Gasteiger partial charge in [0.1, 0.15) is 0 Å². The maximum absolute atomic E-state index is 9.04. The van der Waals surface area contributed by atoms with Gasteiger partial charge >= 0.3 is 0 Å². The molecule has 0 atom stereocenters. The standard InChI is InChI=1S/C22H38N2O/c1-2-3-4-5-6-7-8-9-10-11-12-13-14-15-16-17-22-23-18-19-24(22)20-21-25/h3-4,6-7,9-10,25H,2,5,8,11-21H2,1H3/b4-3+,7-6+,10-9+. The van der Waals surface area contributed by atoms with E-state index in [2.05, 4.69) is 53.3 Å². The predicted molar refractivity (Wildman–Crippen MR) is 110 cm³/mol. The Morgan fingerprint density at radius 3 is 2.36 bits per heavy atom. The van der Waals surface area contributed by atoms with Crippen LogP contribution in [0.1, 0.15) is 71.1 Å². The van der Waals surface area contributed by atoms with Crippen LogP contribution >= 0.6 is 0 Å². The molecule has 1 heterocycles. The van der Waals surface area contributed by atoms with Gasteiger partial charge in [0.15, 0.2) is 0 Å². The quantitative estimate of drug-likeness (QED) is 0.323. The number of nitrogens with zero attached hydrogens (tertiary/aromatic N) is 2. The molecule has 0 saturated heterocycles. The molecule has 0 aromatic heterocycles. The zero-order valence-corrected chi connectivity index (χ0v) is 16.2. The van der Waals surface area contributed by atoms with E-state index in [1.807, 2.05) is 0 Å². The zero-order chi connectivity index (χ0) is 18.0. The Morgan fingerprint density at radius 2 is 1.60 bits per heavy atom. The molecule has 1 aliphatic rings. The highest BCUT2D eigenvalue weighted by molar-refractivity contribution is 5.83. The van der Waals surface area contributed by atoms with Crippen LogP contribution in [-0.2, 0) is 0 Å². The number of aliphatic hydroxyl groups is 1. The third kappa shape index (κ3) is 11.8. The van der Waals surface area contributed by atoms with E-state index in [1.165, 1.54) is 44.4 Å². The fourth-order valence-electron chi connectivity index (χ4n) is 3.03. The van der Waals surface area contributed by atoms with Gasteiger partial charge in [-0.3, -0.25) is 4.99 Å². The van der Waals surface area contributed by atoms with Crippen molar-refractivity contribution in [2.45, 2.75) is 71.1 Å². The van der Waals surface area contributed by atoms with Crippen LogP contribution in [0.25, 0.3) is 0 Å². The van der Waals surface area contributed by atoms with Crippen molar-refractivity contribution in [3.63, 3.8) is 0 Å². The lowest BCUT2D eigenvalue weighted by Crippen LogP contribution is -2.30. The minimum absolute atomic E-state index is 0.234. The summed E-state index contributed by atoms with van der Waals surface area (Å²) in [6.45, 7) is 5.05. The molecule has 0 saturated carbocycles. The normalized spacial score (nSPS) is 15.3. The summed E-state index contributed by atoms with van der Waals surface area (Å²) in [5.41, 5.74) is 0. The molecule has 0 aromatic carbocycles. The summed E-state index contributed by atoms with van der Waals surface area (Å²) >= 11 is 0. The maximum Gasteiger partial charge on any atom is 0.0991 e. The number of aliphatic hydroxyl groups excluding tert-OH is 1. The molecule has 0 aromatic rings.